The molecule has 190 valence electrons. The number of benzene rings is 2. The number of fused-ring (bicyclic) bond motifs is 1. The first-order valence-electron chi connectivity index (χ1n) is 11.4. The third-order valence-electron chi connectivity index (χ3n) is 6.02. The van der Waals surface area contributed by atoms with Gasteiger partial charge in [-0.1, -0.05) is 12.1 Å². The Labute approximate surface area is 214 Å². The molecular weight excluding hydrogens is 492 g/mol. The Balaban J connectivity index is 1.61. The molecule has 0 saturated heterocycles. The molecule has 11 heteroatoms. The molecule has 2 aromatic carbocycles. The first kappa shape index (κ1) is 24.5. The third-order valence-corrected chi connectivity index (χ3v) is 6.02. The summed E-state index contributed by atoms with van der Waals surface area (Å²) in [6, 6.07) is 12.5. The van der Waals surface area contributed by atoms with Crippen molar-refractivity contribution in [3.8, 4) is 11.4 Å². The number of aromatic nitrogens is 4. The van der Waals surface area contributed by atoms with E-state index in [1.165, 1.54) is 35.2 Å². The van der Waals surface area contributed by atoms with Crippen LogP contribution in [0.4, 0.5) is 20.4 Å². The number of rotatable bonds is 6. The van der Waals surface area contributed by atoms with Crippen LogP contribution in [0.3, 0.4) is 0 Å². The summed E-state index contributed by atoms with van der Waals surface area (Å²) in [5, 5.41) is 21.8. The molecule has 0 saturated carbocycles. The van der Waals surface area contributed by atoms with Crippen molar-refractivity contribution in [3.63, 3.8) is 0 Å². The SMILES string of the molecule is Cc1ccnc2cc(CNc3ncnc(N)c3C(=N)c3cc(O)cc(F)c3)n(-c3ccccc3F)c(=O)c12. The molecule has 9 nitrogen and oxygen atoms in total. The normalized spacial score (nSPS) is 11.0. The van der Waals surface area contributed by atoms with Gasteiger partial charge >= 0.3 is 0 Å². The minimum atomic E-state index is -0.734. The smallest absolute Gasteiger partial charge is 0.265 e. The van der Waals surface area contributed by atoms with E-state index in [0.717, 1.165) is 12.1 Å². The lowest BCUT2D eigenvalue weighted by Gasteiger charge is -2.18. The van der Waals surface area contributed by atoms with Gasteiger partial charge in [0.2, 0.25) is 0 Å². The van der Waals surface area contributed by atoms with Gasteiger partial charge in [-0.05, 0) is 48.9 Å². The van der Waals surface area contributed by atoms with E-state index in [9.17, 15) is 18.7 Å². The Morgan fingerprint density at radius 1 is 1.11 bits per heavy atom. The standard InChI is InChI=1S/C27H21F2N7O2/c1-14-6-7-32-20-11-17(36(27(38)22(14)20)21-5-3-2-4-19(21)29)12-33-26-23(25(31)34-13-35-26)24(30)15-8-16(28)10-18(37)9-15/h2-11,13,30,37H,12H2,1H3,(H3,31,33,34,35). The first-order valence-corrected chi connectivity index (χ1v) is 11.4. The minimum absolute atomic E-state index is 0.0414. The zero-order valence-electron chi connectivity index (χ0n) is 20.0. The highest BCUT2D eigenvalue weighted by Gasteiger charge is 2.20. The summed E-state index contributed by atoms with van der Waals surface area (Å²) >= 11 is 0. The summed E-state index contributed by atoms with van der Waals surface area (Å²) in [7, 11) is 0. The van der Waals surface area contributed by atoms with Gasteiger partial charge in [0.15, 0.2) is 0 Å². The monoisotopic (exact) mass is 513 g/mol. The highest BCUT2D eigenvalue weighted by atomic mass is 19.1. The molecule has 0 bridgehead atoms. The predicted octanol–water partition coefficient (Wildman–Crippen LogP) is 4.08. The average Bonchev–Trinajstić information content (AvgIpc) is 2.87. The van der Waals surface area contributed by atoms with E-state index in [2.05, 4.69) is 20.3 Å². The Morgan fingerprint density at radius 2 is 1.89 bits per heavy atom. The lowest BCUT2D eigenvalue weighted by molar-refractivity contribution is 0.469. The summed E-state index contributed by atoms with van der Waals surface area (Å²) in [6.45, 7) is 1.74. The highest BCUT2D eigenvalue weighted by molar-refractivity contribution is 6.16. The predicted molar refractivity (Wildman–Crippen MR) is 140 cm³/mol. The van der Waals surface area contributed by atoms with Crippen molar-refractivity contribution in [2.75, 3.05) is 11.1 Å². The summed E-state index contributed by atoms with van der Waals surface area (Å²) in [4.78, 5) is 26.1. The third kappa shape index (κ3) is 4.41. The van der Waals surface area contributed by atoms with Gasteiger partial charge in [0.1, 0.15) is 35.3 Å². The molecular formula is C27H21F2N7O2. The van der Waals surface area contributed by atoms with Crippen LogP contribution in [0.25, 0.3) is 16.6 Å². The number of anilines is 2. The molecule has 3 aromatic heterocycles. The van der Waals surface area contributed by atoms with E-state index in [4.69, 9.17) is 11.1 Å². The summed E-state index contributed by atoms with van der Waals surface area (Å²) in [6.07, 6.45) is 2.77. The molecule has 5 rings (SSSR count). The van der Waals surface area contributed by atoms with Gasteiger partial charge < -0.3 is 16.2 Å². The first-order chi connectivity index (χ1) is 18.2. The van der Waals surface area contributed by atoms with Crippen LogP contribution >= 0.6 is 0 Å². The lowest BCUT2D eigenvalue weighted by Crippen LogP contribution is -2.25. The number of aryl methyl sites for hydroxylation is 1. The van der Waals surface area contributed by atoms with Crippen molar-refractivity contribution < 1.29 is 13.9 Å². The second-order valence-electron chi connectivity index (χ2n) is 8.52. The lowest BCUT2D eigenvalue weighted by atomic mass is 10.0. The second-order valence-corrected chi connectivity index (χ2v) is 8.52. The molecule has 5 aromatic rings. The van der Waals surface area contributed by atoms with Gasteiger partial charge in [0.05, 0.1) is 34.4 Å². The summed E-state index contributed by atoms with van der Waals surface area (Å²) < 4.78 is 30.0. The molecule has 38 heavy (non-hydrogen) atoms. The van der Waals surface area contributed by atoms with Crippen LogP contribution in [-0.4, -0.2) is 30.3 Å². The van der Waals surface area contributed by atoms with E-state index in [1.54, 1.807) is 31.3 Å². The van der Waals surface area contributed by atoms with Crippen LogP contribution in [0.2, 0.25) is 0 Å². The van der Waals surface area contributed by atoms with Crippen molar-refractivity contribution in [1.29, 1.82) is 5.41 Å². The Hall–Kier alpha value is -5.19. The van der Waals surface area contributed by atoms with Crippen LogP contribution < -0.4 is 16.6 Å². The summed E-state index contributed by atoms with van der Waals surface area (Å²) in [5.41, 5.74) is 7.05. The van der Waals surface area contributed by atoms with Crippen LogP contribution in [0.1, 0.15) is 22.4 Å². The number of aromatic hydroxyl groups is 1. The van der Waals surface area contributed by atoms with Crippen LogP contribution in [0, 0.1) is 24.0 Å². The van der Waals surface area contributed by atoms with Crippen LogP contribution in [-0.2, 0) is 6.54 Å². The zero-order valence-corrected chi connectivity index (χ0v) is 20.0. The number of nitrogens with one attached hydrogen (secondary N) is 2. The average molecular weight is 514 g/mol. The fourth-order valence-electron chi connectivity index (χ4n) is 4.28. The number of halogens is 2. The molecule has 0 fully saturated rings. The second kappa shape index (κ2) is 9.69. The van der Waals surface area contributed by atoms with Gasteiger partial charge in [-0.3, -0.25) is 19.8 Å². The van der Waals surface area contributed by atoms with Gasteiger partial charge in [-0.15, -0.1) is 0 Å². The fourth-order valence-corrected chi connectivity index (χ4v) is 4.28. The molecule has 0 unspecified atom stereocenters. The van der Waals surface area contributed by atoms with Crippen LogP contribution in [0.15, 0.2) is 71.9 Å². The Bertz CT molecular complexity index is 1770. The Morgan fingerprint density at radius 3 is 2.66 bits per heavy atom. The number of pyridine rings is 2. The van der Waals surface area contributed by atoms with Crippen molar-refractivity contribution in [2.24, 2.45) is 0 Å². The molecule has 0 aliphatic rings. The molecule has 0 spiro atoms. The van der Waals surface area contributed by atoms with Gasteiger partial charge in [0, 0.05) is 23.5 Å². The molecule has 3 heterocycles. The maximum Gasteiger partial charge on any atom is 0.265 e. The number of phenols is 1. The number of nitrogens with zero attached hydrogens (tertiary/aromatic N) is 4. The fraction of sp³-hybridized carbons (Fsp3) is 0.0741. The molecule has 0 atom stereocenters. The number of nitrogens with two attached hydrogens (primary N) is 1. The number of phenolic OH excluding ortho intramolecular Hbond substituents is 1. The van der Waals surface area contributed by atoms with Crippen molar-refractivity contribution in [1.82, 2.24) is 19.5 Å². The number of hydrogen-bond acceptors (Lipinski definition) is 8. The van der Waals surface area contributed by atoms with Crippen molar-refractivity contribution in [2.45, 2.75) is 13.5 Å². The maximum atomic E-state index is 14.9. The van der Waals surface area contributed by atoms with E-state index in [-0.39, 0.29) is 46.5 Å². The minimum Gasteiger partial charge on any atom is -0.508 e. The largest absolute Gasteiger partial charge is 0.508 e. The van der Waals surface area contributed by atoms with Gasteiger partial charge in [-0.25, -0.2) is 18.7 Å². The Kier molecular flexibility index (Phi) is 6.25. The summed E-state index contributed by atoms with van der Waals surface area (Å²) in [5.74, 6) is -1.61. The van der Waals surface area contributed by atoms with Crippen molar-refractivity contribution in [3.05, 3.63) is 111 Å². The molecule has 5 N–H and O–H groups in total. The zero-order chi connectivity index (χ0) is 27.0. The maximum absolute atomic E-state index is 14.9. The van der Waals surface area contributed by atoms with Gasteiger partial charge in [0.25, 0.3) is 5.56 Å². The van der Waals surface area contributed by atoms with E-state index in [0.29, 0.717) is 22.2 Å². The molecule has 0 amide bonds. The van der Waals surface area contributed by atoms with E-state index >= 15 is 0 Å². The van der Waals surface area contributed by atoms with Crippen molar-refractivity contribution >= 4 is 28.3 Å². The van der Waals surface area contributed by atoms with E-state index in [1.807, 2.05) is 0 Å². The topological polar surface area (TPSA) is 143 Å². The quantitative estimate of drug-likeness (QED) is 0.251. The van der Waals surface area contributed by atoms with Crippen LogP contribution in [0.5, 0.6) is 5.75 Å². The molecule has 0 radical (unpaired) electrons. The highest BCUT2D eigenvalue weighted by Crippen LogP contribution is 2.26. The number of nitrogen functional groups attached to an aromatic ring is 1. The number of hydrogen-bond donors (Lipinski definition) is 4. The van der Waals surface area contributed by atoms with Gasteiger partial charge in [-0.2, -0.15) is 0 Å². The van der Waals surface area contributed by atoms with E-state index < -0.39 is 17.2 Å². The molecule has 0 aliphatic heterocycles. The number of para-hydroxylation sites is 1. The molecule has 0 aliphatic carbocycles.